The van der Waals surface area contributed by atoms with E-state index in [1.165, 1.54) is 0 Å². The molecule has 86 valence electrons. The van der Waals surface area contributed by atoms with E-state index in [4.69, 9.17) is 16.7 Å². The Kier molecular flexibility index (Phi) is 6.05. The predicted octanol–water partition coefficient (Wildman–Crippen LogP) is 3.03. The van der Waals surface area contributed by atoms with Crippen LogP contribution in [0.3, 0.4) is 0 Å². The van der Waals surface area contributed by atoms with E-state index < -0.39 is 0 Å². The van der Waals surface area contributed by atoms with E-state index in [0.717, 1.165) is 11.1 Å². The number of ether oxygens (including phenoxy) is 1. The van der Waals surface area contributed by atoms with Gasteiger partial charge >= 0.3 is 0 Å². The Morgan fingerprint density at radius 2 is 2.24 bits per heavy atom. The number of hydrogen-bond acceptors (Lipinski definition) is 2. The summed E-state index contributed by atoms with van der Waals surface area (Å²) in [5, 5.41) is 3.53. The molecular formula is C13H13N3O. The molecule has 0 radical (unpaired) electrons. The van der Waals surface area contributed by atoms with Gasteiger partial charge in [0, 0.05) is 11.5 Å². The molecule has 0 aromatic heterocycles. The molecule has 0 saturated carbocycles. The summed E-state index contributed by atoms with van der Waals surface area (Å²) in [6.45, 7) is 0.913. The molecule has 1 aromatic rings. The van der Waals surface area contributed by atoms with Gasteiger partial charge in [-0.3, -0.25) is 0 Å². The normalized spacial score (nSPS) is 10.4. The minimum Gasteiger partial charge on any atom is -0.364 e. The topological polar surface area (TPSA) is 58.0 Å². The second-order valence-electron chi connectivity index (χ2n) is 3.30. The maximum atomic E-state index is 8.31. The highest BCUT2D eigenvalue weighted by atomic mass is 16.5. The summed E-state index contributed by atoms with van der Waals surface area (Å²) in [5.41, 5.74) is 10.2. The molecule has 0 heterocycles. The van der Waals surface area contributed by atoms with E-state index in [1.54, 1.807) is 0 Å². The minimum atomic E-state index is 0.252. The Bertz CT molecular complexity index is 453. The van der Waals surface area contributed by atoms with Crippen LogP contribution in [0.2, 0.25) is 0 Å². The fourth-order valence-electron chi connectivity index (χ4n) is 1.28. The molecule has 0 aliphatic heterocycles. The molecule has 0 unspecified atom stereocenters. The van der Waals surface area contributed by atoms with Gasteiger partial charge in [0.05, 0.1) is 6.61 Å². The third kappa shape index (κ3) is 5.43. The molecule has 0 N–H and O–H groups in total. The van der Waals surface area contributed by atoms with Gasteiger partial charge in [0.25, 0.3) is 0 Å². The second kappa shape index (κ2) is 8.00. The molecule has 0 spiro atoms. The predicted molar refractivity (Wildman–Crippen MR) is 68.1 cm³/mol. The van der Waals surface area contributed by atoms with Crippen molar-refractivity contribution in [3.8, 4) is 12.3 Å². The molecule has 0 atom stereocenters. The Hall–Kier alpha value is -2.21. The lowest BCUT2D eigenvalue weighted by Crippen LogP contribution is -2.01. The van der Waals surface area contributed by atoms with Crippen LogP contribution in [0, 0.1) is 12.3 Å². The maximum Gasteiger partial charge on any atom is 0.107 e. The molecule has 0 fully saturated rings. The van der Waals surface area contributed by atoms with E-state index >= 15 is 0 Å². The third-order valence-electron chi connectivity index (χ3n) is 1.98. The lowest BCUT2D eigenvalue weighted by atomic mass is 10.1. The van der Waals surface area contributed by atoms with Crippen LogP contribution >= 0.6 is 0 Å². The van der Waals surface area contributed by atoms with Crippen LogP contribution in [-0.4, -0.2) is 19.8 Å². The first-order valence-electron chi connectivity index (χ1n) is 5.13. The highest BCUT2D eigenvalue weighted by Crippen LogP contribution is 2.07. The number of azide groups is 1. The summed E-state index contributed by atoms with van der Waals surface area (Å²) in [4.78, 5) is 2.73. The molecular weight excluding hydrogens is 214 g/mol. The van der Waals surface area contributed by atoms with Crippen molar-refractivity contribution >= 4 is 6.08 Å². The summed E-state index contributed by atoms with van der Waals surface area (Å²) in [6.07, 6.45) is 7.03. The zero-order valence-corrected chi connectivity index (χ0v) is 9.41. The Morgan fingerprint density at radius 3 is 2.88 bits per heavy atom. The van der Waals surface area contributed by atoms with Crippen LogP contribution in [0.25, 0.3) is 16.5 Å². The van der Waals surface area contributed by atoms with Crippen molar-refractivity contribution < 1.29 is 4.74 Å². The molecule has 0 bridgehead atoms. The number of nitrogens with zero attached hydrogens (tertiary/aromatic N) is 3. The largest absolute Gasteiger partial charge is 0.364 e. The smallest absolute Gasteiger partial charge is 0.107 e. The first kappa shape index (κ1) is 12.9. The van der Waals surface area contributed by atoms with Gasteiger partial charge in [-0.2, -0.15) is 0 Å². The summed E-state index contributed by atoms with van der Waals surface area (Å²) in [5.74, 6) is 2.39. The fourth-order valence-corrected chi connectivity index (χ4v) is 1.28. The van der Waals surface area contributed by atoms with E-state index in [-0.39, 0.29) is 13.2 Å². The second-order valence-corrected chi connectivity index (χ2v) is 3.30. The van der Waals surface area contributed by atoms with E-state index in [2.05, 4.69) is 15.9 Å². The standard InChI is InChI=1S/C13H13N3O/c1-2-8-17-11-13(10-15-16-14)9-12-6-4-3-5-7-12/h1,3-7,9H,8,10-11H2/b13-9+. The Labute approximate surface area is 101 Å². The molecule has 1 aromatic carbocycles. The van der Waals surface area contributed by atoms with Crippen molar-refractivity contribution in [2.45, 2.75) is 0 Å². The zero-order valence-electron chi connectivity index (χ0n) is 9.41. The highest BCUT2D eigenvalue weighted by Gasteiger charge is 1.97. The monoisotopic (exact) mass is 227 g/mol. The Morgan fingerprint density at radius 1 is 1.47 bits per heavy atom. The third-order valence-corrected chi connectivity index (χ3v) is 1.98. The Balaban J connectivity index is 2.71. The van der Waals surface area contributed by atoms with Gasteiger partial charge in [-0.1, -0.05) is 47.4 Å². The molecule has 0 saturated heterocycles. The maximum absolute atomic E-state index is 8.31. The molecule has 4 heteroatoms. The zero-order chi connectivity index (χ0) is 12.3. The average Bonchev–Trinajstić information content (AvgIpc) is 2.37. The first-order chi connectivity index (χ1) is 8.36. The van der Waals surface area contributed by atoms with Gasteiger partial charge < -0.3 is 4.74 Å². The fraction of sp³-hybridized carbons (Fsp3) is 0.231. The van der Waals surface area contributed by atoms with Crippen molar-refractivity contribution in [3.63, 3.8) is 0 Å². The van der Waals surface area contributed by atoms with Crippen molar-refractivity contribution in [3.05, 3.63) is 51.9 Å². The van der Waals surface area contributed by atoms with Crippen LogP contribution in [0.5, 0.6) is 0 Å². The van der Waals surface area contributed by atoms with Gasteiger partial charge in [0.15, 0.2) is 0 Å². The lowest BCUT2D eigenvalue weighted by molar-refractivity contribution is 0.192. The molecule has 0 aliphatic rings. The van der Waals surface area contributed by atoms with Crippen LogP contribution in [0.1, 0.15) is 5.56 Å². The summed E-state index contributed by atoms with van der Waals surface area (Å²) < 4.78 is 5.23. The van der Waals surface area contributed by atoms with Crippen LogP contribution in [0.15, 0.2) is 41.0 Å². The highest BCUT2D eigenvalue weighted by molar-refractivity contribution is 5.53. The molecule has 1 rings (SSSR count). The number of terminal acetylenes is 1. The van der Waals surface area contributed by atoms with Crippen molar-refractivity contribution in [2.24, 2.45) is 5.11 Å². The van der Waals surface area contributed by atoms with E-state index in [9.17, 15) is 0 Å². The summed E-state index contributed by atoms with van der Waals surface area (Å²) in [6, 6.07) is 9.77. The first-order valence-corrected chi connectivity index (χ1v) is 5.13. The van der Waals surface area contributed by atoms with Crippen molar-refractivity contribution in [1.29, 1.82) is 0 Å². The molecule has 4 nitrogen and oxygen atoms in total. The summed E-state index contributed by atoms with van der Waals surface area (Å²) >= 11 is 0. The van der Waals surface area contributed by atoms with Crippen LogP contribution in [-0.2, 0) is 4.74 Å². The summed E-state index contributed by atoms with van der Waals surface area (Å²) in [7, 11) is 0. The number of benzene rings is 1. The van der Waals surface area contributed by atoms with Gasteiger partial charge in [-0.25, -0.2) is 0 Å². The van der Waals surface area contributed by atoms with Gasteiger partial charge in [0.2, 0.25) is 0 Å². The lowest BCUT2D eigenvalue weighted by Gasteiger charge is -2.04. The quantitative estimate of drug-likeness (QED) is 0.242. The van der Waals surface area contributed by atoms with E-state index in [1.807, 2.05) is 36.4 Å². The van der Waals surface area contributed by atoms with E-state index in [0.29, 0.717) is 6.61 Å². The van der Waals surface area contributed by atoms with Crippen molar-refractivity contribution in [2.75, 3.05) is 19.8 Å². The average molecular weight is 227 g/mol. The number of hydrogen-bond donors (Lipinski definition) is 0. The number of rotatable bonds is 6. The van der Waals surface area contributed by atoms with Gasteiger partial charge in [-0.15, -0.1) is 6.42 Å². The molecule has 17 heavy (non-hydrogen) atoms. The van der Waals surface area contributed by atoms with Gasteiger partial charge in [0.1, 0.15) is 6.61 Å². The molecule has 0 aliphatic carbocycles. The minimum absolute atomic E-state index is 0.252. The van der Waals surface area contributed by atoms with Crippen LogP contribution < -0.4 is 0 Å². The SMILES string of the molecule is C#CCOC/C(=C/c1ccccc1)CN=[N+]=[N-]. The van der Waals surface area contributed by atoms with Crippen LogP contribution in [0.4, 0.5) is 0 Å². The van der Waals surface area contributed by atoms with Gasteiger partial charge in [-0.05, 0) is 16.7 Å². The van der Waals surface area contributed by atoms with Crippen molar-refractivity contribution in [1.82, 2.24) is 0 Å². The molecule has 0 amide bonds.